The minimum Gasteiger partial charge on any atom is -0.493 e. The second-order valence-corrected chi connectivity index (χ2v) is 5.85. The molecular formula is C17H28N2O2. The number of anilines is 1. The summed E-state index contributed by atoms with van der Waals surface area (Å²) in [6, 6.07) is 7.27. The van der Waals surface area contributed by atoms with Crippen LogP contribution in [0.2, 0.25) is 0 Å². The topological polar surface area (TPSA) is 33.7 Å². The van der Waals surface area contributed by atoms with Crippen LogP contribution in [0.3, 0.4) is 0 Å². The molecule has 1 aromatic rings. The Bertz CT molecular complexity index is 440. The van der Waals surface area contributed by atoms with E-state index < -0.39 is 0 Å². The van der Waals surface area contributed by atoms with Crippen molar-refractivity contribution >= 4 is 5.69 Å². The zero-order valence-corrected chi connectivity index (χ0v) is 13.7. The molecule has 0 aliphatic carbocycles. The Balaban J connectivity index is 1.95. The Morgan fingerprint density at radius 2 is 1.95 bits per heavy atom. The lowest BCUT2D eigenvalue weighted by molar-refractivity contribution is 0.177. The van der Waals surface area contributed by atoms with Gasteiger partial charge in [0.15, 0.2) is 11.5 Å². The van der Waals surface area contributed by atoms with Crippen LogP contribution in [0.25, 0.3) is 0 Å². The molecule has 0 radical (unpaired) electrons. The van der Waals surface area contributed by atoms with E-state index in [1.54, 1.807) is 7.11 Å². The maximum absolute atomic E-state index is 5.63. The molecule has 1 aliphatic heterocycles. The summed E-state index contributed by atoms with van der Waals surface area (Å²) in [5, 5.41) is 3.63. The molecular weight excluding hydrogens is 264 g/mol. The first-order valence-electron chi connectivity index (χ1n) is 7.95. The highest BCUT2D eigenvalue weighted by atomic mass is 16.5. The molecule has 118 valence electrons. The number of hydrogen-bond acceptors (Lipinski definition) is 4. The highest BCUT2D eigenvalue weighted by Gasteiger charge is 2.20. The number of methoxy groups -OCH3 is 1. The van der Waals surface area contributed by atoms with E-state index in [9.17, 15) is 0 Å². The van der Waals surface area contributed by atoms with Crippen molar-refractivity contribution in [1.29, 1.82) is 0 Å². The molecule has 1 fully saturated rings. The van der Waals surface area contributed by atoms with E-state index in [0.717, 1.165) is 17.2 Å². The molecule has 0 unspecified atom stereocenters. The fourth-order valence-corrected chi connectivity index (χ4v) is 2.83. The van der Waals surface area contributed by atoms with Gasteiger partial charge < -0.3 is 19.7 Å². The number of nitrogens with one attached hydrogen (secondary N) is 1. The first kappa shape index (κ1) is 16.0. The lowest BCUT2D eigenvalue weighted by Gasteiger charge is -2.35. The first-order chi connectivity index (χ1) is 10.1. The molecule has 4 heteroatoms. The SMILES string of the molecule is CCOc1cc(NC2CCN(C(C)C)CC2)ccc1OC. The van der Waals surface area contributed by atoms with Crippen LogP contribution in [0.5, 0.6) is 11.5 Å². The van der Waals surface area contributed by atoms with Crippen molar-refractivity contribution in [2.24, 2.45) is 0 Å². The van der Waals surface area contributed by atoms with Gasteiger partial charge in [0, 0.05) is 36.9 Å². The maximum atomic E-state index is 5.63. The molecule has 4 nitrogen and oxygen atoms in total. The summed E-state index contributed by atoms with van der Waals surface area (Å²) in [5.41, 5.74) is 1.11. The first-order valence-corrected chi connectivity index (χ1v) is 7.95. The number of hydrogen-bond donors (Lipinski definition) is 1. The maximum Gasteiger partial charge on any atom is 0.163 e. The molecule has 0 saturated carbocycles. The fourth-order valence-electron chi connectivity index (χ4n) is 2.83. The quantitative estimate of drug-likeness (QED) is 0.871. The number of ether oxygens (including phenoxy) is 2. The third-order valence-electron chi connectivity index (χ3n) is 4.09. The van der Waals surface area contributed by atoms with Gasteiger partial charge in [-0.2, -0.15) is 0 Å². The Kier molecular flexibility index (Phi) is 5.74. The van der Waals surface area contributed by atoms with Crippen LogP contribution in [0.1, 0.15) is 33.6 Å². The van der Waals surface area contributed by atoms with Gasteiger partial charge in [-0.05, 0) is 45.7 Å². The van der Waals surface area contributed by atoms with Crippen molar-refractivity contribution in [3.63, 3.8) is 0 Å². The lowest BCUT2D eigenvalue weighted by atomic mass is 10.0. The number of rotatable bonds is 6. The standard InChI is InChI=1S/C17H28N2O2/c1-5-21-17-12-15(6-7-16(17)20-4)18-14-8-10-19(11-9-14)13(2)3/h6-7,12-14,18H,5,8-11H2,1-4H3. The Labute approximate surface area is 128 Å². The van der Waals surface area contributed by atoms with Crippen molar-refractivity contribution in [3.05, 3.63) is 18.2 Å². The second kappa shape index (κ2) is 7.55. The molecule has 1 N–H and O–H groups in total. The lowest BCUT2D eigenvalue weighted by Crippen LogP contribution is -2.42. The van der Waals surface area contributed by atoms with Gasteiger partial charge in [0.25, 0.3) is 0 Å². The zero-order chi connectivity index (χ0) is 15.2. The molecule has 1 heterocycles. The van der Waals surface area contributed by atoms with Gasteiger partial charge in [-0.1, -0.05) is 0 Å². The van der Waals surface area contributed by atoms with Crippen molar-refractivity contribution in [2.75, 3.05) is 32.1 Å². The highest BCUT2D eigenvalue weighted by molar-refractivity contribution is 5.55. The van der Waals surface area contributed by atoms with E-state index in [1.807, 2.05) is 19.1 Å². The number of piperidine rings is 1. The Hall–Kier alpha value is -1.42. The average Bonchev–Trinajstić information content (AvgIpc) is 2.48. The molecule has 1 aromatic carbocycles. The minimum atomic E-state index is 0.544. The molecule has 0 spiro atoms. The van der Waals surface area contributed by atoms with Gasteiger partial charge in [-0.3, -0.25) is 0 Å². The van der Waals surface area contributed by atoms with Crippen molar-refractivity contribution in [1.82, 2.24) is 4.90 Å². The van der Waals surface area contributed by atoms with Crippen LogP contribution in [0.4, 0.5) is 5.69 Å². The molecule has 1 aliphatic rings. The number of likely N-dealkylation sites (tertiary alicyclic amines) is 1. The summed E-state index contributed by atoms with van der Waals surface area (Å²) in [4.78, 5) is 2.54. The van der Waals surface area contributed by atoms with Crippen molar-refractivity contribution < 1.29 is 9.47 Å². The molecule has 0 amide bonds. The van der Waals surface area contributed by atoms with Crippen molar-refractivity contribution in [2.45, 2.75) is 45.7 Å². The van der Waals surface area contributed by atoms with Crippen LogP contribution in [0.15, 0.2) is 18.2 Å². The van der Waals surface area contributed by atoms with Gasteiger partial charge in [-0.15, -0.1) is 0 Å². The van der Waals surface area contributed by atoms with Gasteiger partial charge >= 0.3 is 0 Å². The van der Waals surface area contributed by atoms with E-state index in [0.29, 0.717) is 18.7 Å². The monoisotopic (exact) mass is 292 g/mol. The molecule has 0 atom stereocenters. The smallest absolute Gasteiger partial charge is 0.163 e. The van der Waals surface area contributed by atoms with E-state index >= 15 is 0 Å². The molecule has 0 aromatic heterocycles. The van der Waals surface area contributed by atoms with E-state index in [-0.39, 0.29) is 0 Å². The number of nitrogens with zero attached hydrogens (tertiary/aromatic N) is 1. The average molecular weight is 292 g/mol. The molecule has 1 saturated heterocycles. The fraction of sp³-hybridized carbons (Fsp3) is 0.647. The van der Waals surface area contributed by atoms with Gasteiger partial charge in [0.1, 0.15) is 0 Å². The van der Waals surface area contributed by atoms with E-state index in [2.05, 4.69) is 30.1 Å². The second-order valence-electron chi connectivity index (χ2n) is 5.85. The summed E-state index contributed by atoms with van der Waals surface area (Å²) in [5.74, 6) is 1.60. The summed E-state index contributed by atoms with van der Waals surface area (Å²) in [7, 11) is 1.67. The van der Waals surface area contributed by atoms with Crippen LogP contribution in [-0.2, 0) is 0 Å². The Morgan fingerprint density at radius 1 is 1.24 bits per heavy atom. The van der Waals surface area contributed by atoms with E-state index in [1.165, 1.54) is 25.9 Å². The predicted octanol–water partition coefficient (Wildman–Crippen LogP) is 3.38. The zero-order valence-electron chi connectivity index (χ0n) is 13.7. The van der Waals surface area contributed by atoms with Crippen LogP contribution >= 0.6 is 0 Å². The van der Waals surface area contributed by atoms with E-state index in [4.69, 9.17) is 9.47 Å². The van der Waals surface area contributed by atoms with Crippen LogP contribution < -0.4 is 14.8 Å². The molecule has 2 rings (SSSR count). The van der Waals surface area contributed by atoms with Gasteiger partial charge in [0.05, 0.1) is 13.7 Å². The van der Waals surface area contributed by atoms with Gasteiger partial charge in [0.2, 0.25) is 0 Å². The molecule has 0 bridgehead atoms. The predicted molar refractivity (Wildman–Crippen MR) is 87.5 cm³/mol. The minimum absolute atomic E-state index is 0.544. The normalized spacial score (nSPS) is 17.0. The van der Waals surface area contributed by atoms with Crippen LogP contribution in [-0.4, -0.2) is 43.8 Å². The summed E-state index contributed by atoms with van der Waals surface area (Å²) >= 11 is 0. The van der Waals surface area contributed by atoms with Crippen LogP contribution in [0, 0.1) is 0 Å². The Morgan fingerprint density at radius 3 is 2.52 bits per heavy atom. The largest absolute Gasteiger partial charge is 0.493 e. The third kappa shape index (κ3) is 4.27. The summed E-state index contributed by atoms with van der Waals surface area (Å²) in [6.07, 6.45) is 2.38. The third-order valence-corrected chi connectivity index (χ3v) is 4.09. The summed E-state index contributed by atoms with van der Waals surface area (Å²) < 4.78 is 11.0. The van der Waals surface area contributed by atoms with Crippen molar-refractivity contribution in [3.8, 4) is 11.5 Å². The highest BCUT2D eigenvalue weighted by Crippen LogP contribution is 2.31. The molecule has 21 heavy (non-hydrogen) atoms. The summed E-state index contributed by atoms with van der Waals surface area (Å²) in [6.45, 7) is 9.51. The van der Waals surface area contributed by atoms with Gasteiger partial charge in [-0.25, -0.2) is 0 Å². The number of benzene rings is 1.